The molecule has 0 saturated carbocycles. The highest BCUT2D eigenvalue weighted by Gasteiger charge is 1.96. The van der Waals surface area contributed by atoms with Crippen LogP contribution in [0.2, 0.25) is 0 Å². The molecule has 0 amide bonds. The lowest BCUT2D eigenvalue weighted by atomic mass is 10.1. The smallest absolute Gasteiger partial charge is 0.0912 e. The highest BCUT2D eigenvalue weighted by atomic mass is 14.6. The highest BCUT2D eigenvalue weighted by Crippen LogP contribution is 2.16. The van der Waals surface area contributed by atoms with Gasteiger partial charge in [0.25, 0.3) is 0 Å². The van der Waals surface area contributed by atoms with Crippen molar-refractivity contribution in [2.24, 2.45) is 0 Å². The summed E-state index contributed by atoms with van der Waals surface area (Å²) in [5.74, 6) is 0. The molecule has 1 aromatic heterocycles. The van der Waals surface area contributed by atoms with Crippen molar-refractivity contribution < 1.29 is 0 Å². The van der Waals surface area contributed by atoms with Crippen LogP contribution < -0.4 is 0 Å². The Hall–Kier alpha value is -2.14. The lowest BCUT2D eigenvalue weighted by Crippen LogP contribution is -1.80. The van der Waals surface area contributed by atoms with Crippen molar-refractivity contribution in [3.05, 3.63) is 48.2 Å². The molecule has 0 radical (unpaired) electrons. The Kier molecular flexibility index (Phi) is 2.24. The first-order chi connectivity index (χ1) is 6.92. The molecule has 2 aromatic rings. The summed E-state index contributed by atoms with van der Waals surface area (Å²) in [6.45, 7) is 0. The van der Waals surface area contributed by atoms with Gasteiger partial charge in [-0.1, -0.05) is 18.2 Å². The topological polar surface area (TPSA) is 36.7 Å². The fourth-order valence-corrected chi connectivity index (χ4v) is 1.39. The van der Waals surface area contributed by atoms with Crippen molar-refractivity contribution in [2.45, 2.75) is 0 Å². The van der Waals surface area contributed by atoms with Crippen LogP contribution >= 0.6 is 0 Å². The maximum atomic E-state index is 8.45. The van der Waals surface area contributed by atoms with Crippen LogP contribution in [0.5, 0.6) is 0 Å². The fourth-order valence-electron chi connectivity index (χ4n) is 1.39. The Balaban J connectivity index is 2.66. The molecule has 0 aliphatic carbocycles. The van der Waals surface area contributed by atoms with Crippen molar-refractivity contribution in [2.75, 3.05) is 0 Å². The van der Waals surface area contributed by atoms with Gasteiger partial charge in [-0.25, -0.2) is 0 Å². The maximum Gasteiger partial charge on any atom is 0.0912 e. The van der Waals surface area contributed by atoms with E-state index in [0.717, 1.165) is 16.5 Å². The third-order valence-corrected chi connectivity index (χ3v) is 2.02. The standard InChI is InChI=1S/C12H8N2/c13-8-3-4-10-7-9-14-12-6-2-1-5-11(10)12/h1-7,9H. The van der Waals surface area contributed by atoms with E-state index in [-0.39, 0.29) is 0 Å². The minimum absolute atomic E-state index is 0.951. The first-order valence-corrected chi connectivity index (χ1v) is 4.32. The zero-order chi connectivity index (χ0) is 9.80. The Morgan fingerprint density at radius 2 is 2.07 bits per heavy atom. The van der Waals surface area contributed by atoms with Gasteiger partial charge in [-0.15, -0.1) is 0 Å². The summed E-state index contributed by atoms with van der Waals surface area (Å²) < 4.78 is 0. The molecular weight excluding hydrogens is 172 g/mol. The Morgan fingerprint density at radius 1 is 1.21 bits per heavy atom. The highest BCUT2D eigenvalue weighted by molar-refractivity contribution is 5.87. The van der Waals surface area contributed by atoms with E-state index < -0.39 is 0 Å². The van der Waals surface area contributed by atoms with Gasteiger partial charge in [0.05, 0.1) is 11.6 Å². The van der Waals surface area contributed by atoms with Crippen molar-refractivity contribution >= 4 is 17.0 Å². The van der Waals surface area contributed by atoms with E-state index in [1.165, 1.54) is 6.08 Å². The van der Waals surface area contributed by atoms with Gasteiger partial charge in [0.1, 0.15) is 0 Å². The van der Waals surface area contributed by atoms with Crippen molar-refractivity contribution in [3.63, 3.8) is 0 Å². The van der Waals surface area contributed by atoms with E-state index in [1.54, 1.807) is 12.3 Å². The minimum Gasteiger partial charge on any atom is -0.256 e. The quantitative estimate of drug-likeness (QED) is 0.633. The Labute approximate surface area is 82.1 Å². The molecule has 0 saturated heterocycles. The number of nitriles is 1. The average Bonchev–Trinajstić information content (AvgIpc) is 2.26. The normalized spacial score (nSPS) is 10.5. The predicted molar refractivity (Wildman–Crippen MR) is 56.4 cm³/mol. The first-order valence-electron chi connectivity index (χ1n) is 4.32. The molecule has 0 N–H and O–H groups in total. The van der Waals surface area contributed by atoms with E-state index in [4.69, 9.17) is 5.26 Å². The lowest BCUT2D eigenvalue weighted by Gasteiger charge is -1.99. The van der Waals surface area contributed by atoms with Gasteiger partial charge in [-0.2, -0.15) is 5.26 Å². The number of allylic oxidation sites excluding steroid dienone is 1. The minimum atomic E-state index is 0.951. The van der Waals surface area contributed by atoms with Gasteiger partial charge in [0.15, 0.2) is 0 Å². The summed E-state index contributed by atoms with van der Waals surface area (Å²) in [7, 11) is 0. The number of hydrogen-bond donors (Lipinski definition) is 0. The van der Waals surface area contributed by atoms with Gasteiger partial charge < -0.3 is 0 Å². The number of benzene rings is 1. The second kappa shape index (κ2) is 3.71. The molecule has 2 rings (SSSR count). The summed E-state index contributed by atoms with van der Waals surface area (Å²) in [5.41, 5.74) is 1.98. The van der Waals surface area contributed by atoms with E-state index in [2.05, 4.69) is 4.98 Å². The van der Waals surface area contributed by atoms with Crippen LogP contribution in [0.15, 0.2) is 42.6 Å². The van der Waals surface area contributed by atoms with Crippen LogP contribution in [0.4, 0.5) is 0 Å². The summed E-state index contributed by atoms with van der Waals surface area (Å²) in [6, 6.07) is 11.8. The number of rotatable bonds is 1. The molecule has 1 aromatic carbocycles. The molecule has 0 fully saturated rings. The Bertz CT molecular complexity index is 516. The number of hydrogen-bond acceptors (Lipinski definition) is 2. The third kappa shape index (κ3) is 1.48. The molecule has 0 aliphatic heterocycles. The van der Waals surface area contributed by atoms with Crippen molar-refractivity contribution in [1.82, 2.24) is 4.98 Å². The van der Waals surface area contributed by atoms with Crippen LogP contribution in [-0.4, -0.2) is 4.98 Å². The molecular formula is C12H8N2. The average molecular weight is 180 g/mol. The molecule has 66 valence electrons. The summed E-state index contributed by atoms with van der Waals surface area (Å²) >= 11 is 0. The summed E-state index contributed by atoms with van der Waals surface area (Å²) in [4.78, 5) is 4.23. The summed E-state index contributed by atoms with van der Waals surface area (Å²) in [5, 5.41) is 9.52. The fraction of sp³-hybridized carbons (Fsp3) is 0. The molecule has 14 heavy (non-hydrogen) atoms. The molecule has 1 heterocycles. The number of fused-ring (bicyclic) bond motifs is 1. The van der Waals surface area contributed by atoms with Crippen molar-refractivity contribution in [1.29, 1.82) is 5.26 Å². The molecule has 0 atom stereocenters. The lowest BCUT2D eigenvalue weighted by molar-refractivity contribution is 1.41. The molecule has 0 aliphatic rings. The van der Waals surface area contributed by atoms with Gasteiger partial charge in [0, 0.05) is 17.7 Å². The third-order valence-electron chi connectivity index (χ3n) is 2.02. The van der Waals surface area contributed by atoms with Gasteiger partial charge in [-0.05, 0) is 23.8 Å². The van der Waals surface area contributed by atoms with Crippen LogP contribution in [0, 0.1) is 11.3 Å². The van der Waals surface area contributed by atoms with Crippen molar-refractivity contribution in [3.8, 4) is 6.07 Å². The molecule has 0 bridgehead atoms. The Morgan fingerprint density at radius 3 is 2.93 bits per heavy atom. The second-order valence-electron chi connectivity index (χ2n) is 2.88. The van der Waals surface area contributed by atoms with Gasteiger partial charge >= 0.3 is 0 Å². The predicted octanol–water partition coefficient (Wildman–Crippen LogP) is 2.77. The second-order valence-corrected chi connectivity index (χ2v) is 2.88. The van der Waals surface area contributed by atoms with Gasteiger partial charge in [0.2, 0.25) is 0 Å². The maximum absolute atomic E-state index is 8.45. The zero-order valence-electron chi connectivity index (χ0n) is 7.51. The molecule has 2 heteroatoms. The van der Waals surface area contributed by atoms with Gasteiger partial charge in [-0.3, -0.25) is 4.98 Å². The number of para-hydroxylation sites is 1. The van der Waals surface area contributed by atoms with Crippen LogP contribution in [0.3, 0.4) is 0 Å². The number of aromatic nitrogens is 1. The number of nitrogens with zero attached hydrogens (tertiary/aromatic N) is 2. The monoisotopic (exact) mass is 180 g/mol. The van der Waals surface area contributed by atoms with E-state index >= 15 is 0 Å². The number of pyridine rings is 1. The van der Waals surface area contributed by atoms with Crippen LogP contribution in [-0.2, 0) is 0 Å². The van der Waals surface area contributed by atoms with E-state index in [1.807, 2.05) is 36.4 Å². The van der Waals surface area contributed by atoms with E-state index in [0.29, 0.717) is 0 Å². The molecule has 2 nitrogen and oxygen atoms in total. The first kappa shape index (κ1) is 8.46. The summed E-state index contributed by atoms with van der Waals surface area (Å²) in [6.07, 6.45) is 5.02. The SMILES string of the molecule is N#CC=Cc1ccnc2ccccc12. The molecule has 0 spiro atoms. The van der Waals surface area contributed by atoms with E-state index in [9.17, 15) is 0 Å². The van der Waals surface area contributed by atoms with Crippen LogP contribution in [0.1, 0.15) is 5.56 Å². The zero-order valence-corrected chi connectivity index (χ0v) is 7.51. The molecule has 0 unspecified atom stereocenters. The largest absolute Gasteiger partial charge is 0.256 e. The van der Waals surface area contributed by atoms with Crippen LogP contribution in [0.25, 0.3) is 17.0 Å².